The molecule has 0 saturated carbocycles. The molecule has 0 aliphatic heterocycles. The normalized spacial score (nSPS) is 10.5. The molecule has 7 heteroatoms. The van der Waals surface area contributed by atoms with Crippen LogP contribution in [-0.4, -0.2) is 24.4 Å². The summed E-state index contributed by atoms with van der Waals surface area (Å²) in [5.74, 6) is -1.29. The highest BCUT2D eigenvalue weighted by Gasteiger charge is 2.27. The van der Waals surface area contributed by atoms with Crippen molar-refractivity contribution >= 4 is 39.8 Å². The van der Waals surface area contributed by atoms with E-state index in [2.05, 4.69) is 10.6 Å². The van der Waals surface area contributed by atoms with Crippen LogP contribution in [0.1, 0.15) is 54.0 Å². The number of carbonyl (C=O) groups is 3. The molecule has 1 aromatic heterocycles. The first-order valence-electron chi connectivity index (χ1n) is 9.87. The molecule has 0 unspecified atom stereocenters. The van der Waals surface area contributed by atoms with E-state index in [4.69, 9.17) is 4.74 Å². The van der Waals surface area contributed by atoms with Crippen LogP contribution < -0.4 is 10.6 Å². The monoisotopic (exact) mass is 436 g/mol. The highest BCUT2D eigenvalue weighted by atomic mass is 32.1. The Morgan fingerprint density at radius 3 is 2.26 bits per heavy atom. The van der Waals surface area contributed by atoms with E-state index in [9.17, 15) is 14.4 Å². The summed E-state index contributed by atoms with van der Waals surface area (Å²) in [5, 5.41) is 5.90. The van der Waals surface area contributed by atoms with Crippen molar-refractivity contribution in [3.8, 4) is 0 Å². The Kier molecular flexibility index (Phi) is 6.87. The molecule has 0 saturated heterocycles. The van der Waals surface area contributed by atoms with Gasteiger partial charge in [0, 0.05) is 11.3 Å². The predicted octanol–water partition coefficient (Wildman–Crippen LogP) is 5.35. The van der Waals surface area contributed by atoms with Crippen molar-refractivity contribution in [2.24, 2.45) is 0 Å². The number of amides is 2. The second-order valence-corrected chi connectivity index (χ2v) is 8.07. The Bertz CT molecular complexity index is 1140. The maximum Gasteiger partial charge on any atom is 0.341 e. The summed E-state index contributed by atoms with van der Waals surface area (Å²) in [5.41, 5.74) is 3.84. The van der Waals surface area contributed by atoms with Crippen LogP contribution in [0.3, 0.4) is 0 Å². The van der Waals surface area contributed by atoms with Gasteiger partial charge in [0.05, 0.1) is 17.0 Å². The van der Waals surface area contributed by atoms with Crippen molar-refractivity contribution in [3.05, 3.63) is 81.2 Å². The molecule has 0 aliphatic carbocycles. The van der Waals surface area contributed by atoms with Gasteiger partial charge in [0.25, 0.3) is 11.8 Å². The Morgan fingerprint density at radius 1 is 0.903 bits per heavy atom. The number of benzene rings is 2. The molecule has 0 spiro atoms. The van der Waals surface area contributed by atoms with Crippen LogP contribution in [0, 0.1) is 20.8 Å². The summed E-state index contributed by atoms with van der Waals surface area (Å²) in [6.07, 6.45) is 0. The van der Waals surface area contributed by atoms with Crippen LogP contribution in [0.25, 0.3) is 0 Å². The molecule has 160 valence electrons. The fourth-order valence-corrected chi connectivity index (χ4v) is 4.12. The van der Waals surface area contributed by atoms with E-state index in [1.165, 1.54) is 0 Å². The van der Waals surface area contributed by atoms with Gasteiger partial charge < -0.3 is 15.4 Å². The molecule has 0 atom stereocenters. The van der Waals surface area contributed by atoms with E-state index in [-0.39, 0.29) is 29.0 Å². The minimum absolute atomic E-state index is 0.185. The molecule has 2 aromatic carbocycles. The minimum atomic E-state index is -0.578. The first-order valence-corrected chi connectivity index (χ1v) is 10.7. The molecule has 3 rings (SSSR count). The Labute approximate surface area is 185 Å². The summed E-state index contributed by atoms with van der Waals surface area (Å²) in [4.78, 5) is 38.6. The topological polar surface area (TPSA) is 84.5 Å². The van der Waals surface area contributed by atoms with Crippen LogP contribution in [0.2, 0.25) is 0 Å². The number of carbonyl (C=O) groups excluding carboxylic acids is 3. The molecule has 0 bridgehead atoms. The van der Waals surface area contributed by atoms with E-state index < -0.39 is 5.97 Å². The zero-order valence-electron chi connectivity index (χ0n) is 17.9. The molecule has 3 aromatic rings. The van der Waals surface area contributed by atoms with Gasteiger partial charge in [-0.1, -0.05) is 24.3 Å². The molecule has 0 aliphatic rings. The molecule has 31 heavy (non-hydrogen) atoms. The van der Waals surface area contributed by atoms with Gasteiger partial charge in [0.15, 0.2) is 0 Å². The zero-order chi connectivity index (χ0) is 22.5. The van der Waals surface area contributed by atoms with Crippen molar-refractivity contribution in [1.82, 2.24) is 0 Å². The maximum absolute atomic E-state index is 12.9. The first-order chi connectivity index (χ1) is 14.8. The van der Waals surface area contributed by atoms with Gasteiger partial charge in [-0.25, -0.2) is 4.79 Å². The molecule has 6 nitrogen and oxygen atoms in total. The third kappa shape index (κ3) is 5.00. The third-order valence-corrected chi connectivity index (χ3v) is 6.07. The minimum Gasteiger partial charge on any atom is -0.462 e. The number of nitrogens with one attached hydrogen (secondary N) is 2. The van der Waals surface area contributed by atoms with Gasteiger partial charge >= 0.3 is 5.97 Å². The highest BCUT2D eigenvalue weighted by Crippen LogP contribution is 2.34. The van der Waals surface area contributed by atoms with Crippen LogP contribution in [0.5, 0.6) is 0 Å². The number of aryl methyl sites for hydroxylation is 2. The third-order valence-electron chi connectivity index (χ3n) is 4.86. The summed E-state index contributed by atoms with van der Waals surface area (Å²) in [7, 11) is 0. The SMILES string of the molecule is CCOC(=O)c1c(NC(=O)c2ccc(C)c(C)c2)sc(C(=O)Nc2ccccc2)c1C. The standard InChI is InChI=1S/C24H24N2O4S/c1-5-30-24(29)19-16(4)20(22(28)25-18-9-7-6-8-10-18)31-23(19)26-21(27)17-12-11-14(2)15(3)13-17/h6-13H,5H2,1-4H3,(H,25,28)(H,26,27). The van der Waals surface area contributed by atoms with E-state index in [1.54, 1.807) is 38.1 Å². The number of ether oxygens (including phenoxy) is 1. The number of rotatable bonds is 6. The number of thiophene rings is 1. The number of anilines is 2. The second kappa shape index (κ2) is 9.57. The lowest BCUT2D eigenvalue weighted by Crippen LogP contribution is -2.15. The van der Waals surface area contributed by atoms with Gasteiger partial charge in [0.2, 0.25) is 0 Å². The first kappa shape index (κ1) is 22.2. The van der Waals surface area contributed by atoms with Crippen molar-refractivity contribution in [1.29, 1.82) is 0 Å². The van der Waals surface area contributed by atoms with Gasteiger partial charge in [0.1, 0.15) is 5.00 Å². The molecule has 0 fully saturated rings. The molecular formula is C24H24N2O4S. The summed E-state index contributed by atoms with van der Waals surface area (Å²) >= 11 is 1.05. The van der Waals surface area contributed by atoms with Gasteiger partial charge in [-0.2, -0.15) is 0 Å². The van der Waals surface area contributed by atoms with Crippen molar-refractivity contribution < 1.29 is 19.1 Å². The number of hydrogen-bond donors (Lipinski definition) is 2. The van der Waals surface area contributed by atoms with Crippen LogP contribution in [0.15, 0.2) is 48.5 Å². The average molecular weight is 437 g/mol. The molecule has 1 heterocycles. The van der Waals surface area contributed by atoms with Crippen LogP contribution >= 0.6 is 11.3 Å². The fourth-order valence-electron chi connectivity index (χ4n) is 3.03. The van der Waals surface area contributed by atoms with E-state index in [0.29, 0.717) is 21.7 Å². The molecule has 2 amide bonds. The van der Waals surface area contributed by atoms with E-state index >= 15 is 0 Å². The summed E-state index contributed by atoms with van der Waals surface area (Å²) in [6, 6.07) is 14.4. The zero-order valence-corrected chi connectivity index (χ0v) is 18.7. The Balaban J connectivity index is 1.95. The number of esters is 1. The van der Waals surface area contributed by atoms with Gasteiger partial charge in [-0.15, -0.1) is 11.3 Å². The number of hydrogen-bond acceptors (Lipinski definition) is 5. The highest BCUT2D eigenvalue weighted by molar-refractivity contribution is 7.19. The summed E-state index contributed by atoms with van der Waals surface area (Å²) < 4.78 is 5.17. The largest absolute Gasteiger partial charge is 0.462 e. The second-order valence-electron chi connectivity index (χ2n) is 7.05. The fraction of sp³-hybridized carbons (Fsp3) is 0.208. The van der Waals surface area contributed by atoms with Crippen molar-refractivity contribution in [2.75, 3.05) is 17.2 Å². The molecule has 0 radical (unpaired) electrons. The van der Waals surface area contributed by atoms with Gasteiger partial charge in [-0.05, 0) is 68.7 Å². The predicted molar refractivity (Wildman–Crippen MR) is 123 cm³/mol. The van der Waals surface area contributed by atoms with E-state index in [0.717, 1.165) is 22.5 Å². The average Bonchev–Trinajstić information content (AvgIpc) is 3.06. The Hall–Kier alpha value is -3.45. The smallest absolute Gasteiger partial charge is 0.341 e. The number of para-hydroxylation sites is 1. The lowest BCUT2D eigenvalue weighted by molar-refractivity contribution is 0.0527. The molecule has 2 N–H and O–H groups in total. The summed E-state index contributed by atoms with van der Waals surface area (Å²) in [6.45, 7) is 7.46. The van der Waals surface area contributed by atoms with Crippen molar-refractivity contribution in [2.45, 2.75) is 27.7 Å². The lowest BCUT2D eigenvalue weighted by Gasteiger charge is -2.08. The molecular weight excluding hydrogens is 412 g/mol. The van der Waals surface area contributed by atoms with E-state index in [1.807, 2.05) is 38.1 Å². The Morgan fingerprint density at radius 2 is 1.61 bits per heavy atom. The van der Waals surface area contributed by atoms with Crippen LogP contribution in [-0.2, 0) is 4.74 Å². The van der Waals surface area contributed by atoms with Gasteiger partial charge in [-0.3, -0.25) is 9.59 Å². The van der Waals surface area contributed by atoms with Crippen LogP contribution in [0.4, 0.5) is 10.7 Å². The quantitative estimate of drug-likeness (QED) is 0.510. The lowest BCUT2D eigenvalue weighted by atomic mass is 10.1. The van der Waals surface area contributed by atoms with Crippen molar-refractivity contribution in [3.63, 3.8) is 0 Å². The maximum atomic E-state index is 12.9.